The molecular weight excluding hydrogens is 384 g/mol. The van der Waals surface area contributed by atoms with Gasteiger partial charge in [0.15, 0.2) is 9.84 Å². The summed E-state index contributed by atoms with van der Waals surface area (Å²) < 4.78 is 35.9. The molecule has 1 saturated heterocycles. The van der Waals surface area contributed by atoms with E-state index in [-0.39, 0.29) is 17.2 Å². The molecule has 1 atom stereocenters. The van der Waals surface area contributed by atoms with Crippen LogP contribution < -0.4 is 5.32 Å². The summed E-state index contributed by atoms with van der Waals surface area (Å²) in [6, 6.07) is 7.05. The summed E-state index contributed by atoms with van der Waals surface area (Å²) in [6.45, 7) is 6.91. The largest absolute Gasteiger partial charge is 0.444 e. The van der Waals surface area contributed by atoms with Crippen LogP contribution in [-0.4, -0.2) is 69.0 Å². The number of alkyl carbamates (subject to hydrolysis) is 1. The fourth-order valence-electron chi connectivity index (χ4n) is 2.77. The fraction of sp³-hybridized carbons (Fsp3) is 0.579. The van der Waals surface area contributed by atoms with E-state index in [0.29, 0.717) is 26.3 Å². The zero-order chi connectivity index (χ0) is 20.8. The Kier molecular flexibility index (Phi) is 7.42. The summed E-state index contributed by atoms with van der Waals surface area (Å²) in [4.78, 5) is 26.5. The molecule has 0 radical (unpaired) electrons. The minimum Gasteiger partial charge on any atom is -0.444 e. The molecule has 0 aromatic heterocycles. The van der Waals surface area contributed by atoms with Crippen LogP contribution >= 0.6 is 0 Å². The van der Waals surface area contributed by atoms with E-state index in [9.17, 15) is 18.0 Å². The van der Waals surface area contributed by atoms with Gasteiger partial charge < -0.3 is 19.7 Å². The van der Waals surface area contributed by atoms with Gasteiger partial charge in [0.2, 0.25) is 5.91 Å². The van der Waals surface area contributed by atoms with Crippen LogP contribution in [-0.2, 0) is 24.1 Å². The van der Waals surface area contributed by atoms with E-state index in [1.54, 1.807) is 43.9 Å². The van der Waals surface area contributed by atoms with Gasteiger partial charge in [-0.2, -0.15) is 0 Å². The molecule has 2 amide bonds. The minimum atomic E-state index is -3.69. The van der Waals surface area contributed by atoms with E-state index in [4.69, 9.17) is 9.47 Å². The van der Waals surface area contributed by atoms with Crippen molar-refractivity contribution in [2.45, 2.75) is 43.7 Å². The highest BCUT2D eigenvalue weighted by atomic mass is 32.2. The highest BCUT2D eigenvalue weighted by molar-refractivity contribution is 7.91. The summed E-state index contributed by atoms with van der Waals surface area (Å²) in [5, 5.41) is 2.55. The average Bonchev–Trinajstić information content (AvgIpc) is 2.61. The maximum absolute atomic E-state index is 12.7. The van der Waals surface area contributed by atoms with Gasteiger partial charge in [-0.25, -0.2) is 13.2 Å². The number of nitrogens with one attached hydrogen (secondary N) is 1. The zero-order valence-electron chi connectivity index (χ0n) is 16.5. The zero-order valence-corrected chi connectivity index (χ0v) is 17.3. The van der Waals surface area contributed by atoms with Gasteiger partial charge >= 0.3 is 6.09 Å². The summed E-state index contributed by atoms with van der Waals surface area (Å²) in [7, 11) is -3.69. The summed E-state index contributed by atoms with van der Waals surface area (Å²) in [6.07, 6.45) is -0.888. The minimum absolute atomic E-state index is 0.134. The first kappa shape index (κ1) is 22.2. The summed E-state index contributed by atoms with van der Waals surface area (Å²) >= 11 is 0. The highest BCUT2D eigenvalue weighted by Crippen LogP contribution is 2.15. The van der Waals surface area contributed by atoms with Crippen molar-refractivity contribution in [1.29, 1.82) is 0 Å². The molecule has 1 heterocycles. The lowest BCUT2D eigenvalue weighted by atomic mass is 10.2. The number of carbonyl (C=O) groups excluding carboxylic acids is 2. The Labute approximate surface area is 166 Å². The Hall–Kier alpha value is -2.13. The van der Waals surface area contributed by atoms with E-state index < -0.39 is 33.3 Å². The Morgan fingerprint density at radius 3 is 2.36 bits per heavy atom. The van der Waals surface area contributed by atoms with Crippen LogP contribution in [0.15, 0.2) is 35.2 Å². The molecule has 156 valence electrons. The predicted molar refractivity (Wildman–Crippen MR) is 104 cm³/mol. The first-order valence-electron chi connectivity index (χ1n) is 9.20. The second-order valence-electron chi connectivity index (χ2n) is 7.63. The molecule has 9 heteroatoms. The van der Waals surface area contributed by atoms with Crippen LogP contribution in [0.4, 0.5) is 4.79 Å². The van der Waals surface area contributed by atoms with Crippen molar-refractivity contribution in [2.24, 2.45) is 0 Å². The molecule has 0 bridgehead atoms. The molecule has 1 aromatic carbocycles. The number of rotatable bonds is 6. The van der Waals surface area contributed by atoms with Crippen LogP contribution in [0.25, 0.3) is 0 Å². The van der Waals surface area contributed by atoms with Crippen LogP contribution in [0.5, 0.6) is 0 Å². The van der Waals surface area contributed by atoms with Gasteiger partial charge in [0.1, 0.15) is 5.60 Å². The Morgan fingerprint density at radius 2 is 1.79 bits per heavy atom. The maximum Gasteiger partial charge on any atom is 0.407 e. The van der Waals surface area contributed by atoms with Gasteiger partial charge in [-0.3, -0.25) is 4.79 Å². The number of sulfone groups is 1. The van der Waals surface area contributed by atoms with Crippen molar-refractivity contribution in [1.82, 2.24) is 10.2 Å². The van der Waals surface area contributed by atoms with E-state index in [2.05, 4.69) is 5.32 Å². The van der Waals surface area contributed by atoms with E-state index in [0.717, 1.165) is 0 Å². The molecule has 1 aliphatic heterocycles. The number of hydrogen-bond acceptors (Lipinski definition) is 6. The Balaban J connectivity index is 2.13. The monoisotopic (exact) mass is 412 g/mol. The highest BCUT2D eigenvalue weighted by Gasteiger charge is 2.29. The molecule has 1 aromatic rings. The molecule has 2 rings (SSSR count). The van der Waals surface area contributed by atoms with E-state index in [1.165, 1.54) is 12.1 Å². The number of nitrogens with zero attached hydrogens (tertiary/aromatic N) is 1. The lowest BCUT2D eigenvalue weighted by molar-refractivity contribution is -0.135. The predicted octanol–water partition coefficient (Wildman–Crippen LogP) is 1.60. The van der Waals surface area contributed by atoms with Crippen molar-refractivity contribution < 1.29 is 27.5 Å². The number of hydrogen-bond donors (Lipinski definition) is 1. The number of amides is 2. The molecule has 8 nitrogen and oxygen atoms in total. The molecule has 0 spiro atoms. The molecule has 0 unspecified atom stereocenters. The second kappa shape index (κ2) is 9.38. The van der Waals surface area contributed by atoms with E-state index in [1.807, 2.05) is 0 Å². The third-order valence-corrected chi connectivity index (χ3v) is 5.86. The summed E-state index contributed by atoms with van der Waals surface area (Å²) in [5.74, 6) is -0.626. The number of benzene rings is 1. The van der Waals surface area contributed by atoms with Gasteiger partial charge in [-0.15, -0.1) is 0 Å². The number of morpholine rings is 1. The molecule has 28 heavy (non-hydrogen) atoms. The summed E-state index contributed by atoms with van der Waals surface area (Å²) in [5.41, 5.74) is -0.735. The molecule has 0 saturated carbocycles. The van der Waals surface area contributed by atoms with Gasteiger partial charge in [-0.1, -0.05) is 18.2 Å². The van der Waals surface area contributed by atoms with Crippen molar-refractivity contribution >= 4 is 21.8 Å². The standard InChI is InChI=1S/C19H28N2O6S/c1-19(2,3)27-18(23)20-15(13-17(22)21-9-11-26-12-10-21)14-28(24,25)16-7-5-4-6-8-16/h4-8,15H,9-14H2,1-3H3,(H,20,23)/t15-/m1/s1. The number of carbonyl (C=O) groups is 2. The van der Waals surface area contributed by atoms with Gasteiger partial charge in [0, 0.05) is 19.5 Å². The number of ether oxygens (including phenoxy) is 2. The molecule has 1 aliphatic rings. The second-order valence-corrected chi connectivity index (χ2v) is 9.67. The normalized spacial score (nSPS) is 16.3. The first-order valence-corrected chi connectivity index (χ1v) is 10.8. The average molecular weight is 413 g/mol. The topological polar surface area (TPSA) is 102 Å². The molecule has 0 aliphatic carbocycles. The fourth-order valence-corrected chi connectivity index (χ4v) is 4.26. The van der Waals surface area contributed by atoms with Crippen molar-refractivity contribution in [3.8, 4) is 0 Å². The van der Waals surface area contributed by atoms with Crippen LogP contribution in [0, 0.1) is 0 Å². The lowest BCUT2D eigenvalue weighted by Gasteiger charge is -2.29. The third-order valence-electron chi connectivity index (χ3n) is 4.03. The SMILES string of the molecule is CC(C)(C)OC(=O)N[C@H](CC(=O)N1CCOCC1)CS(=O)(=O)c1ccccc1. The Bertz CT molecular complexity index is 767. The van der Waals surface area contributed by atoms with Crippen LogP contribution in [0.1, 0.15) is 27.2 Å². The van der Waals surface area contributed by atoms with Crippen molar-refractivity contribution in [3.05, 3.63) is 30.3 Å². The van der Waals surface area contributed by atoms with Gasteiger partial charge in [0.05, 0.1) is 29.9 Å². The van der Waals surface area contributed by atoms with Gasteiger partial charge in [-0.05, 0) is 32.9 Å². The van der Waals surface area contributed by atoms with Crippen LogP contribution in [0.2, 0.25) is 0 Å². The van der Waals surface area contributed by atoms with Gasteiger partial charge in [0.25, 0.3) is 0 Å². The quantitative estimate of drug-likeness (QED) is 0.762. The van der Waals surface area contributed by atoms with Crippen LogP contribution in [0.3, 0.4) is 0 Å². The maximum atomic E-state index is 12.7. The lowest BCUT2D eigenvalue weighted by Crippen LogP contribution is -2.47. The van der Waals surface area contributed by atoms with E-state index >= 15 is 0 Å². The van der Waals surface area contributed by atoms with Crippen molar-refractivity contribution in [3.63, 3.8) is 0 Å². The first-order chi connectivity index (χ1) is 13.1. The van der Waals surface area contributed by atoms with Crippen molar-refractivity contribution in [2.75, 3.05) is 32.1 Å². The molecule has 1 N–H and O–H groups in total. The third kappa shape index (κ3) is 7.12. The molecule has 1 fully saturated rings. The molecular formula is C19H28N2O6S. The Morgan fingerprint density at radius 1 is 1.18 bits per heavy atom. The smallest absolute Gasteiger partial charge is 0.407 e.